The molecule has 0 saturated carbocycles. The summed E-state index contributed by atoms with van der Waals surface area (Å²) in [5, 5.41) is 3.35. The maximum atomic E-state index is 12.7. The van der Waals surface area contributed by atoms with Gasteiger partial charge in [-0.25, -0.2) is 4.98 Å². The fraction of sp³-hybridized carbons (Fsp3) is 0.167. The van der Waals surface area contributed by atoms with Gasteiger partial charge < -0.3 is 9.88 Å². The lowest BCUT2D eigenvalue weighted by Gasteiger charge is -2.10. The van der Waals surface area contributed by atoms with Gasteiger partial charge in [0.25, 0.3) is 5.91 Å². The van der Waals surface area contributed by atoms with Crippen molar-refractivity contribution < 1.29 is 9.59 Å². The van der Waals surface area contributed by atoms with Crippen LogP contribution >= 0.6 is 39.1 Å². The largest absolute Gasteiger partial charge is 0.320 e. The zero-order valence-electron chi connectivity index (χ0n) is 13.9. The molecule has 1 amide bonds. The second-order valence-corrected chi connectivity index (χ2v) is 7.46. The first-order valence-electron chi connectivity index (χ1n) is 7.69. The van der Waals surface area contributed by atoms with Crippen molar-refractivity contribution in [1.82, 2.24) is 9.55 Å². The number of anilines is 1. The molecule has 0 radical (unpaired) electrons. The quantitative estimate of drug-likeness (QED) is 0.585. The first-order chi connectivity index (χ1) is 12.3. The molecule has 5 nitrogen and oxygen atoms in total. The number of aryl methyl sites for hydroxylation is 1. The van der Waals surface area contributed by atoms with E-state index in [1.54, 1.807) is 34.9 Å². The summed E-state index contributed by atoms with van der Waals surface area (Å²) < 4.78 is 2.59. The average Bonchev–Trinajstić information content (AvgIpc) is 2.87. The van der Waals surface area contributed by atoms with Gasteiger partial charge in [-0.15, -0.1) is 0 Å². The molecule has 0 aliphatic carbocycles. The van der Waals surface area contributed by atoms with Crippen molar-refractivity contribution in [2.24, 2.45) is 0 Å². The van der Waals surface area contributed by atoms with Crippen LogP contribution in [-0.2, 0) is 11.3 Å². The van der Waals surface area contributed by atoms with Gasteiger partial charge in [0.15, 0.2) is 0 Å². The molecule has 0 bridgehead atoms. The van der Waals surface area contributed by atoms with Crippen molar-refractivity contribution in [2.45, 2.75) is 20.4 Å². The van der Waals surface area contributed by atoms with E-state index in [0.717, 1.165) is 9.99 Å². The molecule has 0 aliphatic heterocycles. The normalized spacial score (nSPS) is 11.0. The highest BCUT2D eigenvalue weighted by Crippen LogP contribution is 2.32. The minimum absolute atomic E-state index is 0.0107. The van der Waals surface area contributed by atoms with Gasteiger partial charge in [0.05, 0.1) is 33.4 Å². The third-order valence-corrected chi connectivity index (χ3v) is 5.12. The lowest BCUT2D eigenvalue weighted by Crippen LogP contribution is -2.13. The highest BCUT2D eigenvalue weighted by atomic mass is 79.9. The van der Waals surface area contributed by atoms with Gasteiger partial charge >= 0.3 is 0 Å². The zero-order valence-corrected chi connectivity index (χ0v) is 17.0. The molecular weight excluding hydrogens is 441 g/mol. The van der Waals surface area contributed by atoms with Crippen LogP contribution in [0, 0.1) is 6.92 Å². The predicted molar refractivity (Wildman–Crippen MR) is 107 cm³/mol. The summed E-state index contributed by atoms with van der Waals surface area (Å²) in [6, 6.07) is 8.41. The topological polar surface area (TPSA) is 64.0 Å². The van der Waals surface area contributed by atoms with E-state index in [1.165, 1.54) is 6.92 Å². The van der Waals surface area contributed by atoms with Crippen LogP contribution in [-0.4, -0.2) is 21.2 Å². The molecule has 0 unspecified atom stereocenters. The van der Waals surface area contributed by atoms with Gasteiger partial charge in [-0.1, -0.05) is 29.3 Å². The fourth-order valence-corrected chi connectivity index (χ4v) is 3.83. The molecule has 3 rings (SSSR count). The van der Waals surface area contributed by atoms with Gasteiger partial charge in [-0.3, -0.25) is 9.59 Å². The van der Waals surface area contributed by atoms with Crippen molar-refractivity contribution in [3.05, 3.63) is 56.2 Å². The number of carbonyl (C=O) groups excluding carboxylic acids is 2. The maximum Gasteiger partial charge on any atom is 0.258 e. The molecule has 1 N–H and O–H groups in total. The van der Waals surface area contributed by atoms with Crippen LogP contribution in [0.3, 0.4) is 0 Å². The molecule has 1 heterocycles. The average molecular weight is 455 g/mol. The summed E-state index contributed by atoms with van der Waals surface area (Å²) in [7, 11) is 0. The highest BCUT2D eigenvalue weighted by Gasteiger charge is 2.19. The maximum absolute atomic E-state index is 12.7. The Morgan fingerprint density at radius 1 is 1.19 bits per heavy atom. The number of carbonyl (C=O) groups is 2. The number of nitrogens with one attached hydrogen (secondary N) is 1. The predicted octanol–water partition coefficient (Wildman–Crippen LogP) is 5.26. The van der Waals surface area contributed by atoms with Crippen molar-refractivity contribution in [2.75, 3.05) is 5.32 Å². The summed E-state index contributed by atoms with van der Waals surface area (Å²) in [6.45, 7) is 3.53. The number of nitrogens with zero attached hydrogens (tertiary/aromatic N) is 2. The van der Waals surface area contributed by atoms with Gasteiger partial charge in [0.2, 0.25) is 0 Å². The monoisotopic (exact) mass is 453 g/mol. The molecule has 8 heteroatoms. The van der Waals surface area contributed by atoms with Gasteiger partial charge in [0.1, 0.15) is 17.1 Å². The number of aromatic nitrogens is 2. The van der Waals surface area contributed by atoms with Crippen LogP contribution in [0.4, 0.5) is 5.69 Å². The summed E-state index contributed by atoms with van der Waals surface area (Å²) >= 11 is 15.7. The smallest absolute Gasteiger partial charge is 0.258 e. The lowest BCUT2D eigenvalue weighted by atomic mass is 10.2. The Morgan fingerprint density at radius 3 is 2.46 bits per heavy atom. The van der Waals surface area contributed by atoms with E-state index in [2.05, 4.69) is 26.2 Å². The highest BCUT2D eigenvalue weighted by molar-refractivity contribution is 9.10. The van der Waals surface area contributed by atoms with E-state index in [9.17, 15) is 9.59 Å². The molecule has 134 valence electrons. The number of benzene rings is 2. The summed E-state index contributed by atoms with van der Waals surface area (Å²) in [5.74, 6) is 0.257. The number of amides is 1. The number of imidazole rings is 1. The van der Waals surface area contributed by atoms with Gasteiger partial charge in [-0.05, 0) is 54.0 Å². The van der Waals surface area contributed by atoms with Crippen molar-refractivity contribution in [1.29, 1.82) is 0 Å². The molecule has 0 saturated heterocycles. The Kier molecular flexibility index (Phi) is 5.37. The Hall–Kier alpha value is -1.89. The number of halogens is 3. The van der Waals surface area contributed by atoms with Gasteiger partial charge in [-0.2, -0.15) is 0 Å². The molecule has 1 aromatic heterocycles. The second-order valence-electron chi connectivity index (χ2n) is 5.79. The Balaban J connectivity index is 2.08. The van der Waals surface area contributed by atoms with Crippen LogP contribution in [0.15, 0.2) is 34.8 Å². The summed E-state index contributed by atoms with van der Waals surface area (Å²) in [6.07, 6.45) is 0. The Labute approximate surface area is 168 Å². The van der Waals surface area contributed by atoms with Crippen LogP contribution in [0.1, 0.15) is 23.1 Å². The molecule has 2 aromatic carbocycles. The van der Waals surface area contributed by atoms with Crippen LogP contribution < -0.4 is 5.32 Å². The number of hydrogen-bond donors (Lipinski definition) is 1. The number of rotatable bonds is 4. The number of Topliss-reactive ketones (excluding diaryl/α,β-unsaturated/α-hetero) is 1. The van der Waals surface area contributed by atoms with E-state index in [4.69, 9.17) is 23.2 Å². The minimum atomic E-state index is -0.428. The Morgan fingerprint density at radius 2 is 1.85 bits per heavy atom. The van der Waals surface area contributed by atoms with Crippen molar-refractivity contribution in [3.63, 3.8) is 0 Å². The SMILES string of the molecule is CC(=O)Cn1c(C)nc2c(NC(=O)c3c(Cl)cccc3Cl)ccc(Br)c21. The third-order valence-electron chi connectivity index (χ3n) is 3.85. The zero-order chi connectivity index (χ0) is 19.0. The Bertz CT molecular complexity index is 1030. The molecule has 0 aliphatic rings. The van der Waals surface area contributed by atoms with E-state index in [-0.39, 0.29) is 27.9 Å². The number of ketones is 1. The second kappa shape index (κ2) is 7.39. The van der Waals surface area contributed by atoms with E-state index in [1.807, 2.05) is 6.92 Å². The van der Waals surface area contributed by atoms with Crippen LogP contribution in [0.25, 0.3) is 11.0 Å². The van der Waals surface area contributed by atoms with Gasteiger partial charge in [0, 0.05) is 4.47 Å². The third kappa shape index (κ3) is 3.49. The van der Waals surface area contributed by atoms with E-state index >= 15 is 0 Å². The molecule has 0 atom stereocenters. The summed E-state index contributed by atoms with van der Waals surface area (Å²) in [5.41, 5.74) is 2.02. The van der Waals surface area contributed by atoms with Crippen LogP contribution in [0.5, 0.6) is 0 Å². The molecule has 26 heavy (non-hydrogen) atoms. The summed E-state index contributed by atoms with van der Waals surface area (Å²) in [4.78, 5) is 28.8. The van der Waals surface area contributed by atoms with Crippen molar-refractivity contribution in [3.8, 4) is 0 Å². The van der Waals surface area contributed by atoms with E-state index < -0.39 is 5.91 Å². The molecule has 0 fully saturated rings. The number of fused-ring (bicyclic) bond motifs is 1. The van der Waals surface area contributed by atoms with E-state index in [0.29, 0.717) is 17.0 Å². The van der Waals surface area contributed by atoms with Crippen molar-refractivity contribution >= 4 is 67.5 Å². The minimum Gasteiger partial charge on any atom is -0.320 e. The molecular formula is C18H14BrCl2N3O2. The first kappa shape index (κ1) is 18.9. The molecule has 3 aromatic rings. The first-order valence-corrected chi connectivity index (χ1v) is 9.24. The fourth-order valence-electron chi connectivity index (χ4n) is 2.73. The standard InChI is InChI=1S/C18H14BrCl2N3O2/c1-9(25)8-24-10(2)22-16-14(7-6-11(19)17(16)24)23-18(26)15-12(20)4-3-5-13(15)21/h3-7H,8H2,1-2H3,(H,23,26). The molecule has 0 spiro atoms. The van der Waals surface area contributed by atoms with Crippen LogP contribution in [0.2, 0.25) is 10.0 Å². The lowest BCUT2D eigenvalue weighted by molar-refractivity contribution is -0.117. The number of hydrogen-bond acceptors (Lipinski definition) is 3.